The van der Waals surface area contributed by atoms with E-state index < -0.39 is 0 Å². The van der Waals surface area contributed by atoms with Crippen molar-refractivity contribution in [2.75, 3.05) is 9.80 Å². The maximum atomic E-state index is 6.39. The first-order valence-corrected chi connectivity index (χ1v) is 18.0. The number of aromatic nitrogens is 1. The summed E-state index contributed by atoms with van der Waals surface area (Å²) >= 11 is 16.3. The van der Waals surface area contributed by atoms with Crippen LogP contribution in [0.3, 0.4) is 0 Å². The van der Waals surface area contributed by atoms with Gasteiger partial charge in [-0.05, 0) is 105 Å². The van der Waals surface area contributed by atoms with E-state index in [1.807, 2.05) is 30.0 Å². The highest BCUT2D eigenvalue weighted by Gasteiger charge is 2.28. The van der Waals surface area contributed by atoms with Gasteiger partial charge in [-0.3, -0.25) is 4.90 Å². The highest BCUT2D eigenvalue weighted by atomic mass is 35.5. The van der Waals surface area contributed by atoms with Gasteiger partial charge in [0.15, 0.2) is 0 Å². The molecule has 7 rings (SSSR count). The van der Waals surface area contributed by atoms with E-state index in [4.69, 9.17) is 23.2 Å². The monoisotopic (exact) mass is 688 g/mol. The quantitative estimate of drug-likeness (QED) is 0.124. The zero-order valence-corrected chi connectivity index (χ0v) is 29.2. The molecule has 0 N–H and O–H groups in total. The second kappa shape index (κ2) is 13.9. The molecule has 0 radical (unpaired) electrons. The molecule has 3 nitrogen and oxygen atoms in total. The van der Waals surface area contributed by atoms with Gasteiger partial charge in [0.2, 0.25) is 5.52 Å². The lowest BCUT2D eigenvalue weighted by Crippen LogP contribution is -2.33. The number of aryl methyl sites for hydroxylation is 1. The number of hydrogen-bond donors (Lipinski definition) is 0. The topological polar surface area (TPSA) is 10.4 Å². The van der Waals surface area contributed by atoms with Crippen molar-refractivity contribution < 1.29 is 4.57 Å². The molecule has 7 heteroatoms. The fourth-order valence-corrected chi connectivity index (χ4v) is 8.55. The van der Waals surface area contributed by atoms with E-state index in [9.17, 15) is 0 Å². The molecule has 5 aromatic rings. The number of para-hydroxylation sites is 2. The Morgan fingerprint density at radius 3 is 2.26 bits per heavy atom. The highest BCUT2D eigenvalue weighted by Crippen LogP contribution is 2.47. The van der Waals surface area contributed by atoms with E-state index in [0.717, 1.165) is 51.4 Å². The minimum Gasteiger partial charge on any atom is -0.310 e. The zero-order chi connectivity index (χ0) is 32.3. The summed E-state index contributed by atoms with van der Waals surface area (Å²) < 4.78 is 3.57. The third kappa shape index (κ3) is 6.40. The number of benzene rings is 4. The molecule has 2 heterocycles. The fraction of sp³-hybridized carbons (Fsp3) is 0.125. The minimum absolute atomic E-state index is 0.705. The molecule has 4 aromatic carbocycles. The van der Waals surface area contributed by atoms with E-state index in [2.05, 4.69) is 132 Å². The van der Waals surface area contributed by atoms with Crippen molar-refractivity contribution in [1.82, 2.24) is 0 Å². The first-order chi connectivity index (χ1) is 23.0. The van der Waals surface area contributed by atoms with Gasteiger partial charge in [0, 0.05) is 44.5 Å². The van der Waals surface area contributed by atoms with Crippen molar-refractivity contribution in [3.05, 3.63) is 152 Å². The fourth-order valence-electron chi connectivity index (χ4n) is 6.12. The van der Waals surface area contributed by atoms with Crippen molar-refractivity contribution in [2.45, 2.75) is 38.1 Å². The van der Waals surface area contributed by atoms with E-state index in [-0.39, 0.29) is 0 Å². The Bertz CT molecular complexity index is 2110. The van der Waals surface area contributed by atoms with Crippen molar-refractivity contribution in [3.63, 3.8) is 0 Å². The van der Waals surface area contributed by atoms with E-state index in [0.29, 0.717) is 5.02 Å². The number of thioether (sulfide) groups is 1. The number of nitrogens with zero attached hydrogens (tertiary/aromatic N) is 3. The highest BCUT2D eigenvalue weighted by molar-refractivity contribution is 8.03. The van der Waals surface area contributed by atoms with Crippen LogP contribution in [0, 0.1) is 12.0 Å². The number of rotatable bonds is 7. The zero-order valence-electron chi connectivity index (χ0n) is 26.1. The van der Waals surface area contributed by atoms with Crippen LogP contribution in [0.5, 0.6) is 0 Å². The second-order valence-corrected chi connectivity index (χ2v) is 14.1. The average molecular weight is 690 g/mol. The lowest BCUT2D eigenvalue weighted by Gasteiger charge is -2.28. The van der Waals surface area contributed by atoms with E-state index >= 15 is 0 Å². The lowest BCUT2D eigenvalue weighted by molar-refractivity contribution is -0.665. The molecule has 0 bridgehead atoms. The second-order valence-electron chi connectivity index (χ2n) is 11.1. The van der Waals surface area contributed by atoms with Crippen LogP contribution < -0.4 is 14.4 Å². The average Bonchev–Trinajstić information content (AvgIpc) is 3.76. The van der Waals surface area contributed by atoms with Crippen LogP contribution in [0.1, 0.15) is 31.7 Å². The largest absolute Gasteiger partial charge is 0.310 e. The Morgan fingerprint density at radius 1 is 0.851 bits per heavy atom. The van der Waals surface area contributed by atoms with Crippen molar-refractivity contribution in [1.29, 1.82) is 0 Å². The van der Waals surface area contributed by atoms with Gasteiger partial charge in [0.05, 0.1) is 16.4 Å². The van der Waals surface area contributed by atoms with Crippen LogP contribution in [0.15, 0.2) is 142 Å². The van der Waals surface area contributed by atoms with Gasteiger partial charge < -0.3 is 4.90 Å². The molecule has 232 valence electrons. The number of halogens is 2. The van der Waals surface area contributed by atoms with Crippen LogP contribution in [0.25, 0.3) is 16.3 Å². The van der Waals surface area contributed by atoms with Gasteiger partial charge in [-0.1, -0.05) is 94.7 Å². The summed E-state index contributed by atoms with van der Waals surface area (Å²) in [5.41, 5.74) is 8.21. The Kier molecular flexibility index (Phi) is 9.29. The Morgan fingerprint density at radius 2 is 1.55 bits per heavy atom. The Hall–Kier alpha value is -4.18. The summed E-state index contributed by atoms with van der Waals surface area (Å²) in [6, 6.07) is 36.7. The summed E-state index contributed by atoms with van der Waals surface area (Å²) in [7, 11) is 0. The number of fused-ring (bicyclic) bond motifs is 2. The van der Waals surface area contributed by atoms with Gasteiger partial charge in [0.25, 0.3) is 5.01 Å². The maximum absolute atomic E-state index is 6.39. The van der Waals surface area contributed by atoms with Crippen LogP contribution in [0.2, 0.25) is 10.0 Å². The minimum atomic E-state index is 0.705. The third-order valence-corrected chi connectivity index (χ3v) is 10.9. The number of allylic oxidation sites excluding steroid dienone is 5. The smallest absolute Gasteiger partial charge is 0.262 e. The predicted octanol–water partition coefficient (Wildman–Crippen LogP) is 11.8. The van der Waals surface area contributed by atoms with Crippen LogP contribution >= 0.6 is 46.3 Å². The lowest BCUT2D eigenvalue weighted by atomic mass is 10.1. The number of thiazole rings is 1. The summed E-state index contributed by atoms with van der Waals surface area (Å²) in [6.45, 7) is 4.92. The maximum Gasteiger partial charge on any atom is 0.262 e. The molecule has 2 aliphatic rings. The predicted molar refractivity (Wildman–Crippen MR) is 202 cm³/mol. The van der Waals surface area contributed by atoms with Crippen LogP contribution in [-0.2, 0) is 6.54 Å². The molecule has 1 aromatic heterocycles. The molecule has 1 aliphatic carbocycles. The molecular formula is C40H32Cl2N3S2+. The Balaban J connectivity index is 1.37. The molecule has 0 atom stereocenters. The first kappa shape index (κ1) is 31.4. The van der Waals surface area contributed by atoms with Crippen LogP contribution in [0.4, 0.5) is 17.1 Å². The molecule has 0 saturated heterocycles. The molecule has 1 aliphatic heterocycles. The van der Waals surface area contributed by atoms with Gasteiger partial charge in [-0.15, -0.1) is 0 Å². The van der Waals surface area contributed by atoms with Crippen molar-refractivity contribution in [2.24, 2.45) is 0 Å². The number of anilines is 3. The summed E-state index contributed by atoms with van der Waals surface area (Å²) in [5, 5.41) is 3.73. The molecule has 0 fully saturated rings. The Labute approximate surface area is 294 Å². The van der Waals surface area contributed by atoms with Gasteiger partial charge >= 0.3 is 0 Å². The molecule has 47 heavy (non-hydrogen) atoms. The number of hydrogen-bond acceptors (Lipinski definition) is 4. The van der Waals surface area contributed by atoms with Crippen LogP contribution in [-0.4, -0.2) is 0 Å². The molecule has 0 spiro atoms. The standard InChI is InChI=1S/C40H32Cl2N3S2/c1-3-25-44-35-27-31(42)20-22-37(35)47-39(44)24-18-29-16-15-28(17-23-38-43(4-2)34-26-30(41)19-21-36(34)46-38)40(29)45(32-11-7-5-8-12-32)33-13-9-6-10-14-33/h5-14,17-24,26-27H,4,15-16H2,1-2H3/q+1. The van der Waals surface area contributed by atoms with Gasteiger partial charge in [-0.25, -0.2) is 0 Å². The van der Waals surface area contributed by atoms with E-state index in [1.54, 1.807) is 23.1 Å². The molecule has 0 amide bonds. The molecule has 0 unspecified atom stereocenters. The van der Waals surface area contributed by atoms with Gasteiger partial charge in [-0.2, -0.15) is 4.57 Å². The molecule has 0 saturated carbocycles. The normalized spacial score (nSPS) is 16.0. The summed E-state index contributed by atoms with van der Waals surface area (Å²) in [4.78, 5) is 5.60. The van der Waals surface area contributed by atoms with Crippen molar-refractivity contribution >= 4 is 79.7 Å². The van der Waals surface area contributed by atoms with Gasteiger partial charge in [0.1, 0.15) is 11.2 Å². The summed E-state index contributed by atoms with van der Waals surface area (Å²) in [5.74, 6) is 3.08. The first-order valence-electron chi connectivity index (χ1n) is 15.6. The van der Waals surface area contributed by atoms with E-state index in [1.165, 1.54) is 32.1 Å². The van der Waals surface area contributed by atoms with Crippen molar-refractivity contribution in [3.8, 4) is 12.0 Å². The molecular weight excluding hydrogens is 658 g/mol. The SMILES string of the molecule is CC#CN1C(=CC=C2CCC(C=Cc3sc4ccc(Cl)cc4[n+]3CC)=C2N(c2ccccc2)c2ccccc2)Sc2ccc(Cl)cc21. The third-order valence-electron chi connectivity index (χ3n) is 8.21. The summed E-state index contributed by atoms with van der Waals surface area (Å²) in [6.07, 6.45) is 10.9.